The summed E-state index contributed by atoms with van der Waals surface area (Å²) in [7, 11) is 0. The van der Waals surface area contributed by atoms with Crippen LogP contribution in [0.3, 0.4) is 0 Å². The fraction of sp³-hybridized carbons (Fsp3) is 0.154. The quantitative estimate of drug-likeness (QED) is 0.806. The van der Waals surface area contributed by atoms with E-state index in [1.165, 1.54) is 0 Å². The van der Waals surface area contributed by atoms with Crippen molar-refractivity contribution in [1.29, 1.82) is 0 Å². The molecular weight excluding hydrogens is 186 g/mol. The van der Waals surface area contributed by atoms with Crippen LogP contribution in [0.5, 0.6) is 0 Å². The first-order valence-electron chi connectivity index (χ1n) is 4.92. The van der Waals surface area contributed by atoms with E-state index in [-0.39, 0.29) is 0 Å². The Balaban J connectivity index is 2.62. The lowest BCUT2D eigenvalue weighted by atomic mass is 10.1. The molecule has 0 aliphatic heterocycles. The number of benzene rings is 1. The van der Waals surface area contributed by atoms with Crippen molar-refractivity contribution in [3.63, 3.8) is 0 Å². The molecule has 0 unspecified atom stereocenters. The summed E-state index contributed by atoms with van der Waals surface area (Å²) in [4.78, 5) is 4.39. The van der Waals surface area contributed by atoms with Gasteiger partial charge in [0.15, 0.2) is 0 Å². The van der Waals surface area contributed by atoms with Gasteiger partial charge in [-0.05, 0) is 24.6 Å². The van der Waals surface area contributed by atoms with Gasteiger partial charge in [0.1, 0.15) is 0 Å². The van der Waals surface area contributed by atoms with Crippen molar-refractivity contribution in [2.45, 2.75) is 13.0 Å². The molecule has 0 saturated carbocycles. The van der Waals surface area contributed by atoms with Gasteiger partial charge in [-0.25, -0.2) is 0 Å². The molecule has 1 aromatic carbocycles. The molecule has 1 N–H and O–H groups in total. The maximum absolute atomic E-state index is 9.43. The van der Waals surface area contributed by atoms with Crippen LogP contribution < -0.4 is 0 Å². The third-order valence-corrected chi connectivity index (χ3v) is 2.40. The van der Waals surface area contributed by atoms with E-state index in [9.17, 15) is 5.11 Å². The van der Waals surface area contributed by atoms with Crippen molar-refractivity contribution in [1.82, 2.24) is 4.98 Å². The number of fused-ring (bicyclic) bond motifs is 1. The molecule has 0 amide bonds. The van der Waals surface area contributed by atoms with Crippen molar-refractivity contribution in [3.05, 3.63) is 48.2 Å². The van der Waals surface area contributed by atoms with Gasteiger partial charge in [-0.2, -0.15) is 0 Å². The second-order valence-corrected chi connectivity index (χ2v) is 3.57. The minimum absolute atomic E-state index is 0.526. The molecule has 0 aliphatic carbocycles. The monoisotopic (exact) mass is 199 g/mol. The maximum Gasteiger partial charge on any atom is 0.0932 e. The van der Waals surface area contributed by atoms with E-state index in [1.807, 2.05) is 30.3 Å². The predicted molar refractivity (Wildman–Crippen MR) is 62.5 cm³/mol. The molecule has 1 heterocycles. The Labute approximate surface area is 88.9 Å². The van der Waals surface area contributed by atoms with E-state index in [0.717, 1.165) is 16.5 Å². The normalized spacial score (nSPS) is 12.7. The van der Waals surface area contributed by atoms with Crippen molar-refractivity contribution in [2.24, 2.45) is 0 Å². The zero-order valence-corrected chi connectivity index (χ0v) is 8.64. The summed E-state index contributed by atoms with van der Waals surface area (Å²) < 4.78 is 0. The summed E-state index contributed by atoms with van der Waals surface area (Å²) in [5, 5.41) is 10.5. The van der Waals surface area contributed by atoms with Gasteiger partial charge in [-0.15, -0.1) is 0 Å². The summed E-state index contributed by atoms with van der Waals surface area (Å²) in [5.74, 6) is 0. The molecule has 76 valence electrons. The number of aliphatic hydroxyl groups excluding tert-OH is 1. The van der Waals surface area contributed by atoms with Crippen LogP contribution in [0.25, 0.3) is 17.0 Å². The number of pyridine rings is 1. The van der Waals surface area contributed by atoms with Gasteiger partial charge in [0.25, 0.3) is 0 Å². The van der Waals surface area contributed by atoms with Crippen molar-refractivity contribution in [3.8, 4) is 0 Å². The Morgan fingerprint density at radius 3 is 2.73 bits per heavy atom. The van der Waals surface area contributed by atoms with Gasteiger partial charge >= 0.3 is 0 Å². The van der Waals surface area contributed by atoms with Crippen LogP contribution in [0.4, 0.5) is 0 Å². The third kappa shape index (κ3) is 1.90. The van der Waals surface area contributed by atoms with Gasteiger partial charge in [-0.3, -0.25) is 4.98 Å². The predicted octanol–water partition coefficient (Wildman–Crippen LogP) is 2.93. The van der Waals surface area contributed by atoms with Crippen molar-refractivity contribution < 1.29 is 5.11 Å². The first kappa shape index (κ1) is 9.87. The molecule has 0 spiro atoms. The summed E-state index contributed by atoms with van der Waals surface area (Å²) in [6.07, 6.45) is 1.26. The Hall–Kier alpha value is -1.67. The molecule has 0 aliphatic rings. The molecule has 2 heteroatoms. The molecule has 2 aromatic rings. The van der Waals surface area contributed by atoms with Crippen LogP contribution in [0, 0.1) is 0 Å². The van der Waals surface area contributed by atoms with Crippen LogP contribution in [0.15, 0.2) is 36.9 Å². The molecular formula is C13H13NO. The highest BCUT2D eigenvalue weighted by molar-refractivity contribution is 5.81. The number of aromatic nitrogens is 1. The molecule has 2 nitrogen and oxygen atoms in total. The molecule has 2 rings (SSSR count). The number of rotatable bonds is 2. The Morgan fingerprint density at radius 2 is 2.07 bits per heavy atom. The first-order chi connectivity index (χ1) is 7.20. The second kappa shape index (κ2) is 3.83. The number of hydrogen-bond donors (Lipinski definition) is 1. The number of nitrogens with zero attached hydrogens (tertiary/aromatic N) is 1. The molecule has 0 fully saturated rings. The minimum Gasteiger partial charge on any atom is -0.387 e. The standard InChI is InChI=1S/C13H13NO/c1-3-10-4-5-11-6-7-12(9(2)15)14-13(11)8-10/h3-9,15H,1H2,2H3/t9-/m1/s1. The van der Waals surface area contributed by atoms with Crippen LogP contribution in [-0.4, -0.2) is 10.1 Å². The molecule has 15 heavy (non-hydrogen) atoms. The highest BCUT2D eigenvalue weighted by atomic mass is 16.3. The van der Waals surface area contributed by atoms with Gasteiger partial charge in [0.05, 0.1) is 17.3 Å². The van der Waals surface area contributed by atoms with E-state index in [2.05, 4.69) is 11.6 Å². The molecule has 0 saturated heterocycles. The number of hydrogen-bond acceptors (Lipinski definition) is 2. The summed E-state index contributed by atoms with van der Waals surface area (Å²) in [6, 6.07) is 9.79. The van der Waals surface area contributed by atoms with E-state index < -0.39 is 6.10 Å². The van der Waals surface area contributed by atoms with E-state index in [4.69, 9.17) is 0 Å². The maximum atomic E-state index is 9.43. The number of aliphatic hydroxyl groups is 1. The third-order valence-electron chi connectivity index (χ3n) is 2.40. The molecule has 0 radical (unpaired) electrons. The van der Waals surface area contributed by atoms with Crippen LogP contribution in [0.1, 0.15) is 24.3 Å². The highest BCUT2D eigenvalue weighted by Gasteiger charge is 2.03. The summed E-state index contributed by atoms with van der Waals surface area (Å²) in [5.41, 5.74) is 2.63. The smallest absolute Gasteiger partial charge is 0.0932 e. The van der Waals surface area contributed by atoms with Crippen LogP contribution in [-0.2, 0) is 0 Å². The Bertz CT molecular complexity index is 503. The lowest BCUT2D eigenvalue weighted by molar-refractivity contribution is 0.195. The Morgan fingerprint density at radius 1 is 1.33 bits per heavy atom. The summed E-state index contributed by atoms with van der Waals surface area (Å²) in [6.45, 7) is 5.43. The van der Waals surface area contributed by atoms with Gasteiger partial charge in [-0.1, -0.05) is 30.9 Å². The molecule has 0 bridgehead atoms. The van der Waals surface area contributed by atoms with E-state index >= 15 is 0 Å². The van der Waals surface area contributed by atoms with Gasteiger partial charge < -0.3 is 5.11 Å². The average Bonchev–Trinajstić information content (AvgIpc) is 2.27. The molecule has 1 atom stereocenters. The highest BCUT2D eigenvalue weighted by Crippen LogP contribution is 2.18. The van der Waals surface area contributed by atoms with Crippen molar-refractivity contribution >= 4 is 17.0 Å². The van der Waals surface area contributed by atoms with Gasteiger partial charge in [0, 0.05) is 5.39 Å². The van der Waals surface area contributed by atoms with Gasteiger partial charge in [0.2, 0.25) is 0 Å². The SMILES string of the molecule is C=Cc1ccc2ccc([C@@H](C)O)nc2c1. The zero-order valence-electron chi connectivity index (χ0n) is 8.64. The largest absolute Gasteiger partial charge is 0.387 e. The lowest BCUT2D eigenvalue weighted by Crippen LogP contribution is -1.95. The Kier molecular flexibility index (Phi) is 2.52. The van der Waals surface area contributed by atoms with Crippen LogP contribution >= 0.6 is 0 Å². The first-order valence-corrected chi connectivity index (χ1v) is 4.92. The fourth-order valence-electron chi connectivity index (χ4n) is 1.51. The topological polar surface area (TPSA) is 33.1 Å². The van der Waals surface area contributed by atoms with Crippen molar-refractivity contribution in [2.75, 3.05) is 0 Å². The average molecular weight is 199 g/mol. The van der Waals surface area contributed by atoms with Crippen LogP contribution in [0.2, 0.25) is 0 Å². The second-order valence-electron chi connectivity index (χ2n) is 3.57. The summed E-state index contributed by atoms with van der Waals surface area (Å²) >= 11 is 0. The fourth-order valence-corrected chi connectivity index (χ4v) is 1.51. The lowest BCUT2D eigenvalue weighted by Gasteiger charge is -2.05. The minimum atomic E-state index is -0.526. The molecule has 1 aromatic heterocycles. The zero-order chi connectivity index (χ0) is 10.8. The van der Waals surface area contributed by atoms with E-state index in [0.29, 0.717) is 5.69 Å². The van der Waals surface area contributed by atoms with E-state index in [1.54, 1.807) is 13.0 Å².